The second-order valence-corrected chi connectivity index (χ2v) is 3.85. The van der Waals surface area contributed by atoms with Gasteiger partial charge in [0.05, 0.1) is 4.47 Å². The molecule has 0 atom stereocenters. The Labute approximate surface area is 110 Å². The van der Waals surface area contributed by atoms with Gasteiger partial charge in [-0.2, -0.15) is 13.2 Å². The number of ether oxygens (including phenoxy) is 1. The minimum atomic E-state index is -4.50. The van der Waals surface area contributed by atoms with Crippen molar-refractivity contribution in [1.29, 1.82) is 0 Å². The highest BCUT2D eigenvalue weighted by Crippen LogP contribution is 2.31. The predicted molar refractivity (Wildman–Crippen MR) is 60.8 cm³/mol. The van der Waals surface area contributed by atoms with Crippen molar-refractivity contribution in [3.05, 3.63) is 28.0 Å². The molecule has 0 bridgehead atoms. The Balaban J connectivity index is 0.00000256. The van der Waals surface area contributed by atoms with E-state index in [1.807, 2.05) is 0 Å². The normalized spacial score (nSPS) is 10.9. The van der Waals surface area contributed by atoms with Gasteiger partial charge < -0.3 is 10.5 Å². The first kappa shape index (κ1) is 16.5. The molecule has 17 heavy (non-hydrogen) atoms. The first-order valence-electron chi connectivity index (χ1n) is 4.21. The minimum Gasteiger partial charge on any atom is -0.480 e. The van der Waals surface area contributed by atoms with Crippen LogP contribution < -0.4 is 10.5 Å². The molecule has 0 saturated carbocycles. The van der Waals surface area contributed by atoms with Crippen LogP contribution in [0.15, 0.2) is 16.6 Å². The van der Waals surface area contributed by atoms with Crippen molar-refractivity contribution in [3.8, 4) is 5.75 Å². The van der Waals surface area contributed by atoms with Crippen molar-refractivity contribution in [2.24, 2.45) is 5.73 Å². The molecule has 0 aliphatic rings. The molecule has 0 spiro atoms. The zero-order chi connectivity index (χ0) is 12.3. The molecule has 0 amide bonds. The number of hydrogen-bond donors (Lipinski definition) is 1. The second-order valence-electron chi connectivity index (χ2n) is 3.00. The topological polar surface area (TPSA) is 35.2 Å². The number of alkyl halides is 3. The Bertz CT molecular complexity index is 363. The molecule has 0 unspecified atom stereocenters. The van der Waals surface area contributed by atoms with E-state index in [2.05, 4.69) is 20.7 Å². The van der Waals surface area contributed by atoms with Gasteiger partial charge in [0.2, 0.25) is 0 Å². The number of hydrogen-bond acceptors (Lipinski definition) is 2. The molecule has 0 radical (unpaired) electrons. The summed E-state index contributed by atoms with van der Waals surface area (Å²) in [4.78, 5) is 0. The van der Waals surface area contributed by atoms with E-state index in [1.165, 1.54) is 6.07 Å². The molecule has 0 aliphatic heterocycles. The van der Waals surface area contributed by atoms with E-state index in [1.54, 1.807) is 0 Å². The number of halogens is 6. The fourth-order valence-electron chi connectivity index (χ4n) is 1.02. The standard InChI is InChI=1S/C9H8BrF4NO.ClH/c10-6-1-5(3-15)2-7(11)8(6)16-4-9(12,13)14;/h1-2H,3-4,15H2;1H. The molecule has 1 aromatic rings. The summed E-state index contributed by atoms with van der Waals surface area (Å²) in [7, 11) is 0. The smallest absolute Gasteiger partial charge is 0.422 e. The fourth-order valence-corrected chi connectivity index (χ4v) is 1.62. The molecular weight excluding hydrogens is 329 g/mol. The number of nitrogens with two attached hydrogens (primary N) is 1. The van der Waals surface area contributed by atoms with Crippen LogP contribution in [-0.4, -0.2) is 12.8 Å². The fraction of sp³-hybridized carbons (Fsp3) is 0.333. The van der Waals surface area contributed by atoms with Crippen LogP contribution in [0.25, 0.3) is 0 Å². The minimum absolute atomic E-state index is 0. The molecule has 0 saturated heterocycles. The molecule has 0 fully saturated rings. The van der Waals surface area contributed by atoms with Gasteiger partial charge in [0.1, 0.15) is 0 Å². The van der Waals surface area contributed by atoms with Gasteiger partial charge in [-0.3, -0.25) is 0 Å². The van der Waals surface area contributed by atoms with E-state index in [0.717, 1.165) is 6.07 Å². The first-order valence-corrected chi connectivity index (χ1v) is 5.00. The van der Waals surface area contributed by atoms with Crippen LogP contribution in [0.4, 0.5) is 17.6 Å². The van der Waals surface area contributed by atoms with E-state index >= 15 is 0 Å². The van der Waals surface area contributed by atoms with Crippen molar-refractivity contribution in [2.75, 3.05) is 6.61 Å². The van der Waals surface area contributed by atoms with Crippen molar-refractivity contribution in [2.45, 2.75) is 12.7 Å². The van der Waals surface area contributed by atoms with Crippen molar-refractivity contribution in [1.82, 2.24) is 0 Å². The van der Waals surface area contributed by atoms with Crippen LogP contribution in [-0.2, 0) is 6.54 Å². The van der Waals surface area contributed by atoms with Gasteiger partial charge in [-0.15, -0.1) is 12.4 Å². The van der Waals surface area contributed by atoms with E-state index in [-0.39, 0.29) is 23.4 Å². The average molecular weight is 339 g/mol. The van der Waals surface area contributed by atoms with Gasteiger partial charge in [0.15, 0.2) is 18.2 Å². The van der Waals surface area contributed by atoms with E-state index in [9.17, 15) is 17.6 Å². The summed E-state index contributed by atoms with van der Waals surface area (Å²) < 4.78 is 53.3. The Morgan fingerprint density at radius 1 is 1.29 bits per heavy atom. The average Bonchev–Trinajstić information content (AvgIpc) is 2.14. The van der Waals surface area contributed by atoms with Crippen LogP contribution in [0.5, 0.6) is 5.75 Å². The summed E-state index contributed by atoms with van der Waals surface area (Å²) in [5, 5.41) is 0. The largest absolute Gasteiger partial charge is 0.480 e. The molecule has 8 heteroatoms. The van der Waals surface area contributed by atoms with Crippen LogP contribution in [0.2, 0.25) is 0 Å². The lowest BCUT2D eigenvalue weighted by Crippen LogP contribution is -2.20. The van der Waals surface area contributed by atoms with Crippen molar-refractivity contribution >= 4 is 28.3 Å². The van der Waals surface area contributed by atoms with E-state index in [4.69, 9.17) is 5.73 Å². The molecule has 0 aromatic heterocycles. The lowest BCUT2D eigenvalue weighted by Gasteiger charge is -2.12. The maximum atomic E-state index is 13.3. The van der Waals surface area contributed by atoms with E-state index in [0.29, 0.717) is 5.56 Å². The monoisotopic (exact) mass is 337 g/mol. The third-order valence-electron chi connectivity index (χ3n) is 1.67. The van der Waals surface area contributed by atoms with Gasteiger partial charge in [-0.25, -0.2) is 4.39 Å². The summed E-state index contributed by atoms with van der Waals surface area (Å²) >= 11 is 2.92. The Hall–Kier alpha value is -0.530. The highest BCUT2D eigenvalue weighted by molar-refractivity contribution is 9.10. The Kier molecular flexibility index (Phi) is 6.22. The van der Waals surface area contributed by atoms with Gasteiger partial charge in [0, 0.05) is 6.54 Å². The predicted octanol–water partition coefficient (Wildman–Crippen LogP) is 3.41. The van der Waals surface area contributed by atoms with Gasteiger partial charge >= 0.3 is 6.18 Å². The Morgan fingerprint density at radius 2 is 1.88 bits per heavy atom. The highest BCUT2D eigenvalue weighted by Gasteiger charge is 2.29. The molecular formula is C9H9BrClF4NO. The zero-order valence-corrected chi connectivity index (χ0v) is 10.8. The third kappa shape index (κ3) is 5.10. The lowest BCUT2D eigenvalue weighted by molar-refractivity contribution is -0.153. The first-order chi connectivity index (χ1) is 7.33. The summed E-state index contributed by atoms with van der Waals surface area (Å²) in [5.41, 5.74) is 5.73. The number of rotatable bonds is 3. The van der Waals surface area contributed by atoms with Crippen molar-refractivity contribution in [3.63, 3.8) is 0 Å². The van der Waals surface area contributed by atoms with Gasteiger partial charge in [0.25, 0.3) is 0 Å². The second kappa shape index (κ2) is 6.42. The lowest BCUT2D eigenvalue weighted by atomic mass is 10.2. The summed E-state index contributed by atoms with van der Waals surface area (Å²) in [6.07, 6.45) is -4.50. The van der Waals surface area contributed by atoms with Crippen molar-refractivity contribution < 1.29 is 22.3 Å². The van der Waals surface area contributed by atoms with Crippen LogP contribution in [0, 0.1) is 5.82 Å². The van der Waals surface area contributed by atoms with Crippen LogP contribution >= 0.6 is 28.3 Å². The van der Waals surface area contributed by atoms with Gasteiger partial charge in [-0.1, -0.05) is 0 Å². The molecule has 1 aromatic carbocycles. The summed E-state index contributed by atoms with van der Waals surface area (Å²) in [5.74, 6) is -1.34. The molecule has 2 nitrogen and oxygen atoms in total. The van der Waals surface area contributed by atoms with Crippen LogP contribution in [0.1, 0.15) is 5.56 Å². The highest BCUT2D eigenvalue weighted by atomic mass is 79.9. The molecule has 98 valence electrons. The van der Waals surface area contributed by atoms with E-state index < -0.39 is 24.3 Å². The van der Waals surface area contributed by atoms with Gasteiger partial charge in [-0.05, 0) is 33.6 Å². The maximum Gasteiger partial charge on any atom is 0.422 e. The SMILES string of the molecule is Cl.NCc1cc(F)c(OCC(F)(F)F)c(Br)c1. The molecule has 0 heterocycles. The Morgan fingerprint density at radius 3 is 2.29 bits per heavy atom. The molecule has 1 rings (SSSR count). The third-order valence-corrected chi connectivity index (χ3v) is 2.26. The molecule has 0 aliphatic carbocycles. The number of benzene rings is 1. The van der Waals surface area contributed by atoms with Crippen LogP contribution in [0.3, 0.4) is 0 Å². The summed E-state index contributed by atoms with van der Waals surface area (Å²) in [6.45, 7) is -1.44. The quantitative estimate of drug-likeness (QED) is 0.857. The molecule has 2 N–H and O–H groups in total. The zero-order valence-electron chi connectivity index (χ0n) is 8.35. The summed E-state index contributed by atoms with van der Waals surface area (Å²) in [6, 6.07) is 2.45. The maximum absolute atomic E-state index is 13.3.